The minimum absolute atomic E-state index is 0.00430. The Hall–Kier alpha value is -1.39. The van der Waals surface area contributed by atoms with Gasteiger partial charge in [-0.25, -0.2) is 0 Å². The predicted molar refractivity (Wildman–Crippen MR) is 89.0 cm³/mol. The van der Waals surface area contributed by atoms with Crippen LogP contribution in [0, 0.1) is 0 Å². The van der Waals surface area contributed by atoms with E-state index in [-0.39, 0.29) is 5.91 Å². The van der Waals surface area contributed by atoms with Crippen LogP contribution < -0.4 is 5.32 Å². The number of rotatable bonds is 7. The Bertz CT molecular complexity index is 476. The second-order valence-electron chi connectivity index (χ2n) is 6.12. The number of piperidine rings is 1. The lowest BCUT2D eigenvalue weighted by Gasteiger charge is -2.33. The number of carbonyl (C=O) groups excluding carboxylic acids is 1. The zero-order chi connectivity index (χ0) is 15.8. The highest BCUT2D eigenvalue weighted by Gasteiger charge is 2.17. The van der Waals surface area contributed by atoms with Gasteiger partial charge >= 0.3 is 0 Å². The van der Waals surface area contributed by atoms with Gasteiger partial charge in [0.1, 0.15) is 0 Å². The Morgan fingerprint density at radius 1 is 1.41 bits per heavy atom. The zero-order valence-corrected chi connectivity index (χ0v) is 13.8. The van der Waals surface area contributed by atoms with Crippen LogP contribution in [0.3, 0.4) is 0 Å². The van der Waals surface area contributed by atoms with Crippen molar-refractivity contribution in [2.24, 2.45) is 0 Å². The van der Waals surface area contributed by atoms with Crippen molar-refractivity contribution in [1.82, 2.24) is 10.2 Å². The van der Waals surface area contributed by atoms with Crippen LogP contribution in [0.15, 0.2) is 24.3 Å². The smallest absolute Gasteiger partial charge is 0.251 e. The van der Waals surface area contributed by atoms with E-state index in [4.69, 9.17) is 4.74 Å². The fraction of sp³-hybridized carbons (Fsp3) is 0.611. The minimum atomic E-state index is 0.00430. The highest BCUT2D eigenvalue weighted by atomic mass is 16.5. The van der Waals surface area contributed by atoms with Crippen LogP contribution in [0.2, 0.25) is 0 Å². The van der Waals surface area contributed by atoms with Gasteiger partial charge in [0, 0.05) is 31.8 Å². The highest BCUT2D eigenvalue weighted by Crippen LogP contribution is 2.16. The van der Waals surface area contributed by atoms with Crippen molar-refractivity contribution >= 4 is 5.91 Å². The first-order valence-electron chi connectivity index (χ1n) is 8.31. The Kier molecular flexibility index (Phi) is 6.87. The molecule has 1 aromatic rings. The number of ether oxygens (including phenoxy) is 1. The molecule has 0 radical (unpaired) electrons. The molecule has 2 rings (SSSR count). The topological polar surface area (TPSA) is 41.6 Å². The third-order valence-corrected chi connectivity index (χ3v) is 4.35. The van der Waals surface area contributed by atoms with E-state index in [1.807, 2.05) is 24.3 Å². The number of carbonyl (C=O) groups is 1. The molecule has 4 heteroatoms. The largest absolute Gasteiger partial charge is 0.380 e. The molecule has 22 heavy (non-hydrogen) atoms. The molecular formula is C18H28N2O2. The first-order chi connectivity index (χ1) is 10.7. The molecule has 1 aliphatic heterocycles. The standard InChI is InChI=1S/C18H28N2O2/c1-15-7-3-4-11-20(15)12-6-10-19-18(21)17-9-5-8-16(13-17)14-22-2/h5,8-9,13,15H,3-4,6-7,10-12,14H2,1-2H3,(H,19,21). The normalized spacial score (nSPS) is 19.1. The van der Waals surface area contributed by atoms with Gasteiger partial charge in [-0.1, -0.05) is 18.6 Å². The lowest BCUT2D eigenvalue weighted by molar-refractivity contribution is 0.0948. The summed E-state index contributed by atoms with van der Waals surface area (Å²) in [7, 11) is 1.66. The maximum atomic E-state index is 12.2. The molecule has 1 amide bonds. The van der Waals surface area contributed by atoms with E-state index < -0.39 is 0 Å². The predicted octanol–water partition coefficient (Wildman–Crippen LogP) is 2.83. The molecule has 0 saturated carbocycles. The van der Waals surface area contributed by atoms with Crippen LogP contribution in [-0.2, 0) is 11.3 Å². The number of nitrogens with one attached hydrogen (secondary N) is 1. The van der Waals surface area contributed by atoms with Gasteiger partial charge in [0.05, 0.1) is 6.61 Å². The first kappa shape index (κ1) is 17.0. The molecule has 1 aromatic carbocycles. The molecule has 122 valence electrons. The van der Waals surface area contributed by atoms with Crippen molar-refractivity contribution in [3.05, 3.63) is 35.4 Å². The summed E-state index contributed by atoms with van der Waals surface area (Å²) >= 11 is 0. The number of hydrogen-bond donors (Lipinski definition) is 1. The number of benzene rings is 1. The highest BCUT2D eigenvalue weighted by molar-refractivity contribution is 5.94. The fourth-order valence-corrected chi connectivity index (χ4v) is 3.04. The molecule has 0 aliphatic carbocycles. The lowest BCUT2D eigenvalue weighted by atomic mass is 10.0. The molecule has 0 bridgehead atoms. The maximum Gasteiger partial charge on any atom is 0.251 e. The van der Waals surface area contributed by atoms with Gasteiger partial charge in [-0.15, -0.1) is 0 Å². The number of likely N-dealkylation sites (tertiary alicyclic amines) is 1. The summed E-state index contributed by atoms with van der Waals surface area (Å²) in [5.74, 6) is 0.00430. The first-order valence-corrected chi connectivity index (χ1v) is 8.31. The molecule has 1 atom stereocenters. The average molecular weight is 304 g/mol. The van der Waals surface area contributed by atoms with Gasteiger partial charge in [-0.05, 0) is 50.4 Å². The van der Waals surface area contributed by atoms with Crippen molar-refractivity contribution in [1.29, 1.82) is 0 Å². The molecular weight excluding hydrogens is 276 g/mol. The maximum absolute atomic E-state index is 12.2. The zero-order valence-electron chi connectivity index (χ0n) is 13.8. The molecule has 1 saturated heterocycles. The van der Waals surface area contributed by atoms with Gasteiger partial charge in [0.25, 0.3) is 5.91 Å². The van der Waals surface area contributed by atoms with E-state index in [0.717, 1.165) is 25.1 Å². The van der Waals surface area contributed by atoms with Crippen molar-refractivity contribution in [3.8, 4) is 0 Å². The van der Waals surface area contributed by atoms with E-state index in [0.29, 0.717) is 18.2 Å². The van der Waals surface area contributed by atoms with Gasteiger partial charge in [0.2, 0.25) is 0 Å². The van der Waals surface area contributed by atoms with Crippen molar-refractivity contribution in [2.45, 2.75) is 45.3 Å². The van der Waals surface area contributed by atoms with Crippen molar-refractivity contribution < 1.29 is 9.53 Å². The summed E-state index contributed by atoms with van der Waals surface area (Å²) in [4.78, 5) is 14.7. The van der Waals surface area contributed by atoms with Gasteiger partial charge in [-0.3, -0.25) is 4.79 Å². The van der Waals surface area contributed by atoms with Crippen LogP contribution in [0.25, 0.3) is 0 Å². The van der Waals surface area contributed by atoms with E-state index in [9.17, 15) is 4.79 Å². The molecule has 0 spiro atoms. The molecule has 0 aromatic heterocycles. The van der Waals surface area contributed by atoms with Gasteiger partial charge in [0.15, 0.2) is 0 Å². The Morgan fingerprint density at radius 3 is 3.05 bits per heavy atom. The lowest BCUT2D eigenvalue weighted by Crippen LogP contribution is -2.39. The second kappa shape index (κ2) is 8.91. The van der Waals surface area contributed by atoms with Crippen molar-refractivity contribution in [3.63, 3.8) is 0 Å². The molecule has 1 aliphatic rings. The van der Waals surface area contributed by atoms with E-state index in [2.05, 4.69) is 17.1 Å². The molecule has 4 nitrogen and oxygen atoms in total. The summed E-state index contributed by atoms with van der Waals surface area (Å²) in [6.45, 7) is 5.85. The van der Waals surface area contributed by atoms with Crippen LogP contribution >= 0.6 is 0 Å². The number of methoxy groups -OCH3 is 1. The summed E-state index contributed by atoms with van der Waals surface area (Å²) < 4.78 is 5.10. The fourth-order valence-electron chi connectivity index (χ4n) is 3.04. The summed E-state index contributed by atoms with van der Waals surface area (Å²) in [6.07, 6.45) is 4.97. The van der Waals surface area contributed by atoms with Crippen LogP contribution in [0.1, 0.15) is 48.5 Å². The summed E-state index contributed by atoms with van der Waals surface area (Å²) in [6, 6.07) is 8.30. The quantitative estimate of drug-likeness (QED) is 0.788. The van der Waals surface area contributed by atoms with E-state index in [1.54, 1.807) is 7.11 Å². The summed E-state index contributed by atoms with van der Waals surface area (Å²) in [5, 5.41) is 3.02. The van der Waals surface area contributed by atoms with E-state index in [1.165, 1.54) is 25.8 Å². The summed E-state index contributed by atoms with van der Waals surface area (Å²) in [5.41, 5.74) is 1.73. The monoisotopic (exact) mass is 304 g/mol. The van der Waals surface area contributed by atoms with Crippen molar-refractivity contribution in [2.75, 3.05) is 26.7 Å². The third-order valence-electron chi connectivity index (χ3n) is 4.35. The minimum Gasteiger partial charge on any atom is -0.380 e. The molecule has 1 unspecified atom stereocenters. The number of hydrogen-bond acceptors (Lipinski definition) is 3. The molecule has 1 N–H and O–H groups in total. The average Bonchev–Trinajstić information content (AvgIpc) is 2.53. The van der Waals surface area contributed by atoms with Gasteiger partial charge < -0.3 is 15.0 Å². The Balaban J connectivity index is 1.72. The van der Waals surface area contributed by atoms with Crippen LogP contribution in [-0.4, -0.2) is 43.6 Å². The number of nitrogens with zero attached hydrogens (tertiary/aromatic N) is 1. The Morgan fingerprint density at radius 2 is 2.27 bits per heavy atom. The second-order valence-corrected chi connectivity index (χ2v) is 6.12. The third kappa shape index (κ3) is 5.11. The van der Waals surface area contributed by atoms with Gasteiger partial charge in [-0.2, -0.15) is 0 Å². The molecule has 1 fully saturated rings. The van der Waals surface area contributed by atoms with Crippen LogP contribution in [0.5, 0.6) is 0 Å². The molecule has 1 heterocycles. The number of amides is 1. The Labute approximate surface area is 133 Å². The van der Waals surface area contributed by atoms with Crippen LogP contribution in [0.4, 0.5) is 0 Å². The van der Waals surface area contributed by atoms with E-state index >= 15 is 0 Å². The SMILES string of the molecule is COCc1cccc(C(=O)NCCCN2CCCCC2C)c1.